The molecule has 0 aliphatic carbocycles. The molecule has 2 aliphatic rings. The van der Waals surface area contributed by atoms with Crippen LogP contribution in [-0.4, -0.2) is 61.1 Å². The summed E-state index contributed by atoms with van der Waals surface area (Å²) in [7, 11) is 0. The minimum atomic E-state index is 0.0866. The Labute approximate surface area is 127 Å². The standard InChI is InChI=1S/C15H29N3OS/c1-13(19)17-7-8-18(15-4-9-20-10-5-15)12-14-3-2-6-16-11-14/h14-16H,2-12H2,1H3,(H,17,19). The summed E-state index contributed by atoms with van der Waals surface area (Å²) in [4.78, 5) is 13.7. The molecule has 2 N–H and O–H groups in total. The van der Waals surface area contributed by atoms with Gasteiger partial charge >= 0.3 is 0 Å². The van der Waals surface area contributed by atoms with Gasteiger partial charge in [0, 0.05) is 32.6 Å². The highest BCUT2D eigenvalue weighted by Crippen LogP contribution is 2.23. The van der Waals surface area contributed by atoms with Crippen LogP contribution in [0, 0.1) is 5.92 Å². The second-order valence-electron chi connectivity index (χ2n) is 6.03. The first-order valence-corrected chi connectivity index (χ1v) is 9.18. The number of nitrogens with zero attached hydrogens (tertiary/aromatic N) is 1. The molecule has 1 atom stereocenters. The Morgan fingerprint density at radius 3 is 2.80 bits per heavy atom. The number of carbonyl (C=O) groups excluding carboxylic acids is 1. The summed E-state index contributed by atoms with van der Waals surface area (Å²) in [6, 6.07) is 0.729. The highest BCUT2D eigenvalue weighted by molar-refractivity contribution is 7.99. The van der Waals surface area contributed by atoms with Crippen LogP contribution < -0.4 is 10.6 Å². The molecule has 0 aromatic carbocycles. The molecule has 4 nitrogen and oxygen atoms in total. The van der Waals surface area contributed by atoms with Crippen molar-refractivity contribution in [1.82, 2.24) is 15.5 Å². The van der Waals surface area contributed by atoms with Crippen LogP contribution in [0.1, 0.15) is 32.6 Å². The maximum absolute atomic E-state index is 11.0. The second-order valence-corrected chi connectivity index (χ2v) is 7.26. The van der Waals surface area contributed by atoms with Crippen LogP contribution in [0.15, 0.2) is 0 Å². The van der Waals surface area contributed by atoms with Crippen molar-refractivity contribution in [3.63, 3.8) is 0 Å². The van der Waals surface area contributed by atoms with Crippen molar-refractivity contribution in [2.75, 3.05) is 44.2 Å². The summed E-state index contributed by atoms with van der Waals surface area (Å²) in [5.41, 5.74) is 0. The molecule has 0 saturated carbocycles. The van der Waals surface area contributed by atoms with Gasteiger partial charge in [0.05, 0.1) is 0 Å². The first kappa shape index (κ1) is 16.1. The molecule has 0 aromatic rings. The summed E-state index contributed by atoms with van der Waals surface area (Å²) in [5, 5.41) is 6.47. The minimum Gasteiger partial charge on any atom is -0.355 e. The van der Waals surface area contributed by atoms with Crippen molar-refractivity contribution in [2.45, 2.75) is 38.6 Å². The predicted octanol–water partition coefficient (Wildman–Crippen LogP) is 1.32. The van der Waals surface area contributed by atoms with E-state index in [-0.39, 0.29) is 5.91 Å². The molecule has 0 radical (unpaired) electrons. The number of hydrogen-bond donors (Lipinski definition) is 2. The normalized spacial score (nSPS) is 24.8. The number of hydrogen-bond acceptors (Lipinski definition) is 4. The van der Waals surface area contributed by atoms with Gasteiger partial charge in [0.15, 0.2) is 0 Å². The van der Waals surface area contributed by atoms with E-state index in [1.165, 1.54) is 50.3 Å². The van der Waals surface area contributed by atoms with Crippen LogP contribution >= 0.6 is 11.8 Å². The van der Waals surface area contributed by atoms with Gasteiger partial charge in [-0.25, -0.2) is 0 Å². The third kappa shape index (κ3) is 5.62. The maximum atomic E-state index is 11.0. The van der Waals surface area contributed by atoms with Crippen molar-refractivity contribution >= 4 is 17.7 Å². The molecule has 20 heavy (non-hydrogen) atoms. The largest absolute Gasteiger partial charge is 0.355 e. The highest BCUT2D eigenvalue weighted by atomic mass is 32.2. The zero-order valence-corrected chi connectivity index (χ0v) is 13.5. The van der Waals surface area contributed by atoms with Gasteiger partial charge in [-0.1, -0.05) is 0 Å². The number of thioether (sulfide) groups is 1. The fourth-order valence-corrected chi connectivity index (χ4v) is 4.34. The predicted molar refractivity (Wildman–Crippen MR) is 86.2 cm³/mol. The molecule has 5 heteroatoms. The van der Waals surface area contributed by atoms with E-state index in [1.807, 2.05) is 0 Å². The monoisotopic (exact) mass is 299 g/mol. The number of piperidine rings is 1. The second kappa shape index (κ2) is 8.90. The van der Waals surface area contributed by atoms with Crippen molar-refractivity contribution in [3.05, 3.63) is 0 Å². The lowest BCUT2D eigenvalue weighted by molar-refractivity contribution is -0.119. The Hall–Kier alpha value is -0.260. The molecule has 0 bridgehead atoms. The first-order chi connectivity index (χ1) is 9.75. The maximum Gasteiger partial charge on any atom is 0.216 e. The highest BCUT2D eigenvalue weighted by Gasteiger charge is 2.24. The molecule has 2 fully saturated rings. The van der Waals surface area contributed by atoms with Crippen LogP contribution in [-0.2, 0) is 4.79 Å². The van der Waals surface area contributed by atoms with Gasteiger partial charge in [-0.15, -0.1) is 0 Å². The van der Waals surface area contributed by atoms with E-state index in [0.717, 1.165) is 31.6 Å². The third-order valence-electron chi connectivity index (χ3n) is 4.37. The number of carbonyl (C=O) groups is 1. The summed E-state index contributed by atoms with van der Waals surface area (Å²) in [5.74, 6) is 3.47. The summed E-state index contributed by atoms with van der Waals surface area (Å²) >= 11 is 2.08. The van der Waals surface area contributed by atoms with Crippen LogP contribution in [0.2, 0.25) is 0 Å². The Bertz CT molecular complexity index is 289. The lowest BCUT2D eigenvalue weighted by Crippen LogP contribution is -2.47. The van der Waals surface area contributed by atoms with E-state index < -0.39 is 0 Å². The van der Waals surface area contributed by atoms with Crippen molar-refractivity contribution in [1.29, 1.82) is 0 Å². The van der Waals surface area contributed by atoms with Gasteiger partial charge < -0.3 is 10.6 Å². The Morgan fingerprint density at radius 2 is 2.15 bits per heavy atom. The Balaban J connectivity index is 1.82. The number of nitrogens with one attached hydrogen (secondary N) is 2. The number of amides is 1. The fraction of sp³-hybridized carbons (Fsp3) is 0.933. The zero-order valence-electron chi connectivity index (χ0n) is 12.7. The molecular formula is C15H29N3OS. The first-order valence-electron chi connectivity index (χ1n) is 8.02. The van der Waals surface area contributed by atoms with E-state index in [9.17, 15) is 4.79 Å². The van der Waals surface area contributed by atoms with E-state index in [4.69, 9.17) is 0 Å². The molecule has 1 amide bonds. The van der Waals surface area contributed by atoms with E-state index >= 15 is 0 Å². The van der Waals surface area contributed by atoms with E-state index in [1.54, 1.807) is 6.92 Å². The average molecular weight is 299 g/mol. The van der Waals surface area contributed by atoms with Crippen molar-refractivity contribution in [2.24, 2.45) is 5.92 Å². The molecule has 1 unspecified atom stereocenters. The van der Waals surface area contributed by atoms with Crippen LogP contribution in [0.4, 0.5) is 0 Å². The SMILES string of the molecule is CC(=O)NCCN(CC1CCCNC1)C1CCSCC1. The Kier molecular flexibility index (Phi) is 7.17. The van der Waals surface area contributed by atoms with Crippen LogP contribution in [0.25, 0.3) is 0 Å². The molecule has 2 rings (SSSR count). The topological polar surface area (TPSA) is 44.4 Å². The van der Waals surface area contributed by atoms with Crippen molar-refractivity contribution < 1.29 is 4.79 Å². The lowest BCUT2D eigenvalue weighted by atomic mass is 9.97. The van der Waals surface area contributed by atoms with Gasteiger partial charge in [0.25, 0.3) is 0 Å². The summed E-state index contributed by atoms with van der Waals surface area (Å²) in [6.45, 7) is 6.94. The van der Waals surface area contributed by atoms with Gasteiger partial charge in [0.1, 0.15) is 0 Å². The number of rotatable bonds is 6. The van der Waals surface area contributed by atoms with Gasteiger partial charge in [-0.3, -0.25) is 9.69 Å². The smallest absolute Gasteiger partial charge is 0.216 e. The van der Waals surface area contributed by atoms with E-state index in [2.05, 4.69) is 27.3 Å². The van der Waals surface area contributed by atoms with Gasteiger partial charge in [-0.2, -0.15) is 11.8 Å². The third-order valence-corrected chi connectivity index (χ3v) is 5.42. The van der Waals surface area contributed by atoms with E-state index in [0.29, 0.717) is 0 Å². The van der Waals surface area contributed by atoms with Crippen LogP contribution in [0.5, 0.6) is 0 Å². The zero-order chi connectivity index (χ0) is 14.2. The molecule has 0 spiro atoms. The van der Waals surface area contributed by atoms with Crippen molar-refractivity contribution in [3.8, 4) is 0 Å². The summed E-state index contributed by atoms with van der Waals surface area (Å²) in [6.07, 6.45) is 5.28. The van der Waals surface area contributed by atoms with Gasteiger partial charge in [-0.05, 0) is 56.2 Å². The quantitative estimate of drug-likeness (QED) is 0.776. The van der Waals surface area contributed by atoms with Crippen LogP contribution in [0.3, 0.4) is 0 Å². The molecule has 116 valence electrons. The molecule has 2 aliphatic heterocycles. The fourth-order valence-electron chi connectivity index (χ4n) is 3.26. The lowest BCUT2D eigenvalue weighted by Gasteiger charge is -2.37. The molecular weight excluding hydrogens is 270 g/mol. The summed E-state index contributed by atoms with van der Waals surface area (Å²) < 4.78 is 0. The minimum absolute atomic E-state index is 0.0866. The molecule has 2 heterocycles. The molecule has 0 aromatic heterocycles. The molecule has 2 saturated heterocycles. The Morgan fingerprint density at radius 1 is 1.35 bits per heavy atom. The van der Waals surface area contributed by atoms with Gasteiger partial charge in [0.2, 0.25) is 5.91 Å². The average Bonchev–Trinajstić information content (AvgIpc) is 2.48.